The summed E-state index contributed by atoms with van der Waals surface area (Å²) in [6.07, 6.45) is -11.4. The summed E-state index contributed by atoms with van der Waals surface area (Å²) in [6, 6.07) is 0. The molecular formula is C13H24O11. The third kappa shape index (κ3) is 3.86. The molecule has 0 radical (unpaired) electrons. The van der Waals surface area contributed by atoms with E-state index in [0.29, 0.717) is 0 Å². The van der Waals surface area contributed by atoms with E-state index in [2.05, 4.69) is 0 Å². The van der Waals surface area contributed by atoms with E-state index >= 15 is 0 Å². The van der Waals surface area contributed by atoms with Gasteiger partial charge >= 0.3 is 0 Å². The fourth-order valence-corrected chi connectivity index (χ4v) is 2.75. The number of hydrogen-bond acceptors (Lipinski definition) is 11. The number of aliphatic hydroxyl groups excluding tert-OH is 7. The van der Waals surface area contributed by atoms with Crippen LogP contribution in [0.1, 0.15) is 6.42 Å². The lowest BCUT2D eigenvalue weighted by Gasteiger charge is -2.43. The average molecular weight is 356 g/mol. The molecule has 2 fully saturated rings. The van der Waals surface area contributed by atoms with Crippen LogP contribution in [-0.4, -0.2) is 115 Å². The standard InChI is InChI=1S/C13H24O11/c14-2-7-8(17)9(18)10(19)12(23-7)22-3-5-1-6(16)11(20)13(21,4-15)24-5/h5-12,14-21H,1-4H2/t5-,6-,7+,8-,9-,10+,11+,12-,13?/m0/s1. The Bertz CT molecular complexity index is 407. The third-order valence-electron chi connectivity index (χ3n) is 4.22. The first-order valence-corrected chi connectivity index (χ1v) is 7.52. The summed E-state index contributed by atoms with van der Waals surface area (Å²) < 4.78 is 15.5. The number of ether oxygens (including phenoxy) is 3. The van der Waals surface area contributed by atoms with Gasteiger partial charge in [0.25, 0.3) is 0 Å². The van der Waals surface area contributed by atoms with Gasteiger partial charge in [0.2, 0.25) is 5.79 Å². The van der Waals surface area contributed by atoms with Crippen LogP contribution in [0.5, 0.6) is 0 Å². The van der Waals surface area contributed by atoms with Gasteiger partial charge in [0.15, 0.2) is 6.29 Å². The molecule has 11 nitrogen and oxygen atoms in total. The topological polar surface area (TPSA) is 190 Å². The van der Waals surface area contributed by atoms with Crippen molar-refractivity contribution < 1.29 is 55.1 Å². The van der Waals surface area contributed by atoms with Crippen molar-refractivity contribution in [2.24, 2.45) is 0 Å². The molecule has 2 heterocycles. The Labute approximate surface area is 137 Å². The number of hydrogen-bond donors (Lipinski definition) is 8. The van der Waals surface area contributed by atoms with Crippen molar-refractivity contribution in [2.45, 2.75) is 61.2 Å². The fraction of sp³-hybridized carbons (Fsp3) is 1.00. The van der Waals surface area contributed by atoms with Crippen LogP contribution in [0.3, 0.4) is 0 Å². The minimum Gasteiger partial charge on any atom is -0.394 e. The van der Waals surface area contributed by atoms with Crippen molar-refractivity contribution in [1.82, 2.24) is 0 Å². The van der Waals surface area contributed by atoms with Crippen LogP contribution in [-0.2, 0) is 14.2 Å². The van der Waals surface area contributed by atoms with Crippen LogP contribution in [0.4, 0.5) is 0 Å². The molecule has 2 saturated heterocycles. The molecule has 2 rings (SSSR count). The summed E-state index contributed by atoms with van der Waals surface area (Å²) in [5.41, 5.74) is 0. The van der Waals surface area contributed by atoms with Crippen molar-refractivity contribution in [3.8, 4) is 0 Å². The molecule has 0 aromatic heterocycles. The first-order valence-electron chi connectivity index (χ1n) is 7.52. The Morgan fingerprint density at radius 1 is 1.00 bits per heavy atom. The molecule has 11 heteroatoms. The monoisotopic (exact) mass is 356 g/mol. The normalized spacial score (nSPS) is 50.0. The highest BCUT2D eigenvalue weighted by Crippen LogP contribution is 2.29. The molecule has 1 unspecified atom stereocenters. The zero-order valence-corrected chi connectivity index (χ0v) is 12.7. The van der Waals surface area contributed by atoms with Crippen LogP contribution in [0.2, 0.25) is 0 Å². The van der Waals surface area contributed by atoms with Crippen LogP contribution < -0.4 is 0 Å². The quantitative estimate of drug-likeness (QED) is 0.235. The van der Waals surface area contributed by atoms with Crippen LogP contribution in [0.15, 0.2) is 0 Å². The van der Waals surface area contributed by atoms with Crippen molar-refractivity contribution >= 4 is 0 Å². The Balaban J connectivity index is 1.95. The highest BCUT2D eigenvalue weighted by molar-refractivity contribution is 4.91. The Hall–Kier alpha value is -0.440. The van der Waals surface area contributed by atoms with Crippen molar-refractivity contribution in [3.63, 3.8) is 0 Å². The van der Waals surface area contributed by atoms with Gasteiger partial charge in [-0.2, -0.15) is 0 Å². The molecule has 0 aliphatic carbocycles. The van der Waals surface area contributed by atoms with Gasteiger partial charge in [0.05, 0.1) is 32.0 Å². The third-order valence-corrected chi connectivity index (χ3v) is 4.22. The smallest absolute Gasteiger partial charge is 0.218 e. The molecule has 0 saturated carbocycles. The molecular weight excluding hydrogens is 332 g/mol. The van der Waals surface area contributed by atoms with Crippen LogP contribution in [0.25, 0.3) is 0 Å². The maximum absolute atomic E-state index is 9.91. The summed E-state index contributed by atoms with van der Waals surface area (Å²) in [7, 11) is 0. The lowest BCUT2D eigenvalue weighted by Crippen LogP contribution is -2.62. The zero-order valence-electron chi connectivity index (χ0n) is 12.7. The van der Waals surface area contributed by atoms with Gasteiger partial charge in [-0.25, -0.2) is 0 Å². The van der Waals surface area contributed by atoms with E-state index in [9.17, 15) is 30.6 Å². The van der Waals surface area contributed by atoms with Crippen LogP contribution in [0, 0.1) is 0 Å². The van der Waals surface area contributed by atoms with Gasteiger partial charge in [-0.1, -0.05) is 0 Å². The summed E-state index contributed by atoms with van der Waals surface area (Å²) in [5, 5.41) is 76.6. The van der Waals surface area contributed by atoms with Gasteiger partial charge < -0.3 is 55.1 Å². The molecule has 8 N–H and O–H groups in total. The van der Waals surface area contributed by atoms with Crippen molar-refractivity contribution in [2.75, 3.05) is 19.8 Å². The average Bonchev–Trinajstić information content (AvgIpc) is 2.57. The van der Waals surface area contributed by atoms with Gasteiger partial charge in [0.1, 0.15) is 30.5 Å². The lowest BCUT2D eigenvalue weighted by atomic mass is 9.95. The number of aliphatic hydroxyl groups is 8. The molecule has 2 aliphatic rings. The van der Waals surface area contributed by atoms with E-state index in [4.69, 9.17) is 24.4 Å². The van der Waals surface area contributed by atoms with Gasteiger partial charge in [-0.15, -0.1) is 0 Å². The van der Waals surface area contributed by atoms with Gasteiger partial charge in [0, 0.05) is 6.42 Å². The van der Waals surface area contributed by atoms with Crippen molar-refractivity contribution in [3.05, 3.63) is 0 Å². The second-order valence-electron chi connectivity index (χ2n) is 6.02. The lowest BCUT2D eigenvalue weighted by molar-refractivity contribution is -0.350. The Morgan fingerprint density at radius 3 is 2.25 bits per heavy atom. The second-order valence-corrected chi connectivity index (χ2v) is 6.02. The Kier molecular flexibility index (Phi) is 6.50. The summed E-state index contributed by atoms with van der Waals surface area (Å²) in [6.45, 7) is -1.89. The molecule has 2 aliphatic heterocycles. The SMILES string of the molecule is OC[C@H]1O[C@H](OC[C@@H]2C[C@H](O)[C@@H](O)C(O)(CO)O2)[C@H](O)[C@@H](O)[C@H]1O. The molecule has 0 aromatic carbocycles. The van der Waals surface area contributed by atoms with Gasteiger partial charge in [-0.05, 0) is 0 Å². The highest BCUT2D eigenvalue weighted by atomic mass is 16.7. The van der Waals surface area contributed by atoms with E-state index in [0.717, 1.165) is 0 Å². The molecule has 0 bridgehead atoms. The van der Waals surface area contributed by atoms with Crippen molar-refractivity contribution in [1.29, 1.82) is 0 Å². The maximum atomic E-state index is 9.91. The second kappa shape index (κ2) is 7.85. The molecule has 9 atom stereocenters. The minimum absolute atomic E-state index is 0.124. The largest absolute Gasteiger partial charge is 0.394 e. The fourth-order valence-electron chi connectivity index (χ4n) is 2.75. The predicted octanol–water partition coefficient (Wildman–Crippen LogP) is -5.01. The molecule has 0 aromatic rings. The molecule has 24 heavy (non-hydrogen) atoms. The summed E-state index contributed by atoms with van der Waals surface area (Å²) >= 11 is 0. The van der Waals surface area contributed by atoms with E-state index in [1.54, 1.807) is 0 Å². The number of rotatable bonds is 5. The Morgan fingerprint density at radius 2 is 1.67 bits per heavy atom. The predicted molar refractivity (Wildman–Crippen MR) is 73.3 cm³/mol. The maximum Gasteiger partial charge on any atom is 0.218 e. The van der Waals surface area contributed by atoms with Gasteiger partial charge in [-0.3, -0.25) is 0 Å². The van der Waals surface area contributed by atoms with E-state index < -0.39 is 68.0 Å². The molecule has 0 spiro atoms. The minimum atomic E-state index is -2.36. The highest BCUT2D eigenvalue weighted by Gasteiger charge is 2.49. The van der Waals surface area contributed by atoms with E-state index in [-0.39, 0.29) is 13.0 Å². The first kappa shape index (κ1) is 19.9. The van der Waals surface area contributed by atoms with Crippen LogP contribution >= 0.6 is 0 Å². The van der Waals surface area contributed by atoms with E-state index in [1.165, 1.54) is 0 Å². The molecule has 142 valence electrons. The summed E-state index contributed by atoms with van der Waals surface area (Å²) in [5.74, 6) is -2.36. The molecule has 0 amide bonds. The first-order chi connectivity index (χ1) is 11.2. The van der Waals surface area contributed by atoms with E-state index in [1.807, 2.05) is 0 Å². The zero-order chi connectivity index (χ0) is 18.1. The summed E-state index contributed by atoms with van der Waals surface area (Å²) in [4.78, 5) is 0.